The Bertz CT molecular complexity index is 761. The molecule has 2 heterocycles. The summed E-state index contributed by atoms with van der Waals surface area (Å²) >= 11 is 3.29. The van der Waals surface area contributed by atoms with Gasteiger partial charge in [-0.3, -0.25) is 5.10 Å². The number of carbonyl (C=O) groups excluding carboxylic acids is 1. The summed E-state index contributed by atoms with van der Waals surface area (Å²) in [6, 6.07) is 3.28. The number of rotatable bonds is 1. The van der Waals surface area contributed by atoms with Crippen molar-refractivity contribution in [2.24, 2.45) is 0 Å². The van der Waals surface area contributed by atoms with Crippen LogP contribution in [-0.2, 0) is 4.74 Å². The van der Waals surface area contributed by atoms with Crippen molar-refractivity contribution in [2.45, 2.75) is 45.1 Å². The first-order valence-electron chi connectivity index (χ1n) is 8.05. The number of nitrogens with zero attached hydrogens (tertiary/aromatic N) is 2. The van der Waals surface area contributed by atoms with Gasteiger partial charge in [-0.05, 0) is 45.7 Å². The predicted octanol–water partition coefficient (Wildman–Crippen LogP) is 4.58. The molecular formula is C17H21BrFN3O2. The van der Waals surface area contributed by atoms with E-state index in [9.17, 15) is 9.18 Å². The van der Waals surface area contributed by atoms with E-state index in [0.29, 0.717) is 28.5 Å². The number of hydrogen-bond acceptors (Lipinski definition) is 3. The highest BCUT2D eigenvalue weighted by atomic mass is 79.9. The second kappa shape index (κ2) is 6.35. The smallest absolute Gasteiger partial charge is 0.410 e. The van der Waals surface area contributed by atoms with Crippen LogP contribution in [0, 0.1) is 5.82 Å². The SMILES string of the molecule is CC(C)(C)OC(=O)N1CCC(c2n[nH]c3cc(Br)cc(F)c23)CC1. The number of hydrogen-bond donors (Lipinski definition) is 1. The molecule has 0 saturated carbocycles. The van der Waals surface area contributed by atoms with Crippen LogP contribution < -0.4 is 0 Å². The van der Waals surface area contributed by atoms with Crippen LogP contribution in [0.1, 0.15) is 45.2 Å². The van der Waals surface area contributed by atoms with E-state index in [-0.39, 0.29) is 17.8 Å². The second-order valence-corrected chi connectivity index (χ2v) is 8.08. The number of aromatic nitrogens is 2. The van der Waals surface area contributed by atoms with Gasteiger partial charge in [0.15, 0.2) is 0 Å². The fraction of sp³-hybridized carbons (Fsp3) is 0.529. The Morgan fingerprint density at radius 3 is 2.67 bits per heavy atom. The molecule has 0 atom stereocenters. The van der Waals surface area contributed by atoms with E-state index in [1.807, 2.05) is 26.8 Å². The monoisotopic (exact) mass is 397 g/mol. The number of likely N-dealkylation sites (tertiary alicyclic amines) is 1. The van der Waals surface area contributed by atoms with Gasteiger partial charge >= 0.3 is 6.09 Å². The van der Waals surface area contributed by atoms with Crippen molar-refractivity contribution in [3.8, 4) is 0 Å². The molecule has 1 saturated heterocycles. The van der Waals surface area contributed by atoms with Gasteiger partial charge in [0.2, 0.25) is 0 Å². The number of carbonyl (C=O) groups is 1. The van der Waals surface area contributed by atoms with Crippen molar-refractivity contribution in [2.75, 3.05) is 13.1 Å². The number of nitrogens with one attached hydrogen (secondary N) is 1. The summed E-state index contributed by atoms with van der Waals surface area (Å²) < 4.78 is 20.4. The van der Waals surface area contributed by atoms with Crippen molar-refractivity contribution in [1.29, 1.82) is 0 Å². The van der Waals surface area contributed by atoms with Crippen LogP contribution in [0.15, 0.2) is 16.6 Å². The lowest BCUT2D eigenvalue weighted by Crippen LogP contribution is -2.41. The zero-order chi connectivity index (χ0) is 17.5. The first-order valence-corrected chi connectivity index (χ1v) is 8.85. The molecule has 24 heavy (non-hydrogen) atoms. The molecule has 1 fully saturated rings. The minimum Gasteiger partial charge on any atom is -0.444 e. The summed E-state index contributed by atoms with van der Waals surface area (Å²) in [5.41, 5.74) is 0.938. The molecule has 0 bridgehead atoms. The predicted molar refractivity (Wildman–Crippen MR) is 93.5 cm³/mol. The molecule has 1 aliphatic heterocycles. The molecule has 0 aliphatic carbocycles. The van der Waals surface area contributed by atoms with E-state index in [4.69, 9.17) is 4.74 Å². The van der Waals surface area contributed by atoms with Crippen LogP contribution in [-0.4, -0.2) is 39.9 Å². The molecule has 1 amide bonds. The maximum Gasteiger partial charge on any atom is 0.410 e. The number of H-pyrrole nitrogens is 1. The molecule has 2 aromatic rings. The average Bonchev–Trinajstić information content (AvgIpc) is 2.89. The summed E-state index contributed by atoms with van der Waals surface area (Å²) in [7, 11) is 0. The quantitative estimate of drug-likeness (QED) is 0.765. The lowest BCUT2D eigenvalue weighted by molar-refractivity contribution is 0.0204. The maximum absolute atomic E-state index is 14.3. The van der Waals surface area contributed by atoms with Crippen molar-refractivity contribution in [3.63, 3.8) is 0 Å². The summed E-state index contributed by atoms with van der Waals surface area (Å²) in [5.74, 6) is -0.147. The van der Waals surface area contributed by atoms with Crippen LogP contribution in [0.4, 0.5) is 9.18 Å². The third-order valence-corrected chi connectivity index (χ3v) is 4.60. The van der Waals surface area contributed by atoms with Crippen LogP contribution in [0.3, 0.4) is 0 Å². The van der Waals surface area contributed by atoms with Gasteiger partial charge in [0.25, 0.3) is 0 Å². The zero-order valence-electron chi connectivity index (χ0n) is 14.0. The molecular weight excluding hydrogens is 377 g/mol. The van der Waals surface area contributed by atoms with E-state index in [1.54, 1.807) is 4.90 Å². The van der Waals surface area contributed by atoms with E-state index in [0.717, 1.165) is 18.5 Å². The summed E-state index contributed by atoms with van der Waals surface area (Å²) in [4.78, 5) is 13.8. The molecule has 1 aromatic heterocycles. The Morgan fingerprint density at radius 2 is 2.04 bits per heavy atom. The van der Waals surface area contributed by atoms with Crippen molar-refractivity contribution >= 4 is 32.9 Å². The van der Waals surface area contributed by atoms with Gasteiger partial charge in [-0.1, -0.05) is 15.9 Å². The molecule has 0 unspecified atom stereocenters. The number of aromatic amines is 1. The van der Waals surface area contributed by atoms with E-state index < -0.39 is 5.60 Å². The van der Waals surface area contributed by atoms with Crippen LogP contribution in [0.5, 0.6) is 0 Å². The van der Waals surface area contributed by atoms with Gasteiger partial charge in [0.05, 0.1) is 16.6 Å². The van der Waals surface area contributed by atoms with Gasteiger partial charge in [-0.25, -0.2) is 9.18 Å². The Labute approximate surface area is 148 Å². The van der Waals surface area contributed by atoms with Crippen molar-refractivity contribution in [1.82, 2.24) is 15.1 Å². The number of fused-ring (bicyclic) bond motifs is 1. The molecule has 7 heteroatoms. The topological polar surface area (TPSA) is 58.2 Å². The van der Waals surface area contributed by atoms with Gasteiger partial charge in [0, 0.05) is 23.5 Å². The average molecular weight is 398 g/mol. The first kappa shape index (κ1) is 17.2. The van der Waals surface area contributed by atoms with Crippen LogP contribution in [0.25, 0.3) is 10.9 Å². The number of ether oxygens (including phenoxy) is 1. The Hall–Kier alpha value is -1.63. The molecule has 130 valence electrons. The van der Waals surface area contributed by atoms with E-state index >= 15 is 0 Å². The number of amides is 1. The lowest BCUT2D eigenvalue weighted by atomic mass is 9.91. The molecule has 0 spiro atoms. The van der Waals surface area contributed by atoms with E-state index in [2.05, 4.69) is 26.1 Å². The summed E-state index contributed by atoms with van der Waals surface area (Å²) in [5, 5.41) is 7.79. The van der Waals surface area contributed by atoms with Crippen LogP contribution >= 0.6 is 15.9 Å². The highest BCUT2D eigenvalue weighted by molar-refractivity contribution is 9.10. The lowest BCUT2D eigenvalue weighted by Gasteiger charge is -2.33. The Balaban J connectivity index is 1.73. The number of halogens is 2. The van der Waals surface area contributed by atoms with Gasteiger partial charge in [-0.15, -0.1) is 0 Å². The van der Waals surface area contributed by atoms with Gasteiger partial charge < -0.3 is 9.64 Å². The zero-order valence-corrected chi connectivity index (χ0v) is 15.6. The number of benzene rings is 1. The molecule has 3 rings (SSSR count). The first-order chi connectivity index (χ1) is 11.2. The van der Waals surface area contributed by atoms with Gasteiger partial charge in [0.1, 0.15) is 11.4 Å². The summed E-state index contributed by atoms with van der Waals surface area (Å²) in [6.07, 6.45) is 1.20. The molecule has 1 aromatic carbocycles. The molecule has 0 radical (unpaired) electrons. The fourth-order valence-corrected chi connectivity index (χ4v) is 3.49. The van der Waals surface area contributed by atoms with Gasteiger partial charge in [-0.2, -0.15) is 5.10 Å². The highest BCUT2D eigenvalue weighted by Gasteiger charge is 2.29. The highest BCUT2D eigenvalue weighted by Crippen LogP contribution is 2.34. The summed E-state index contributed by atoms with van der Waals surface area (Å²) in [6.45, 7) is 6.75. The third-order valence-electron chi connectivity index (χ3n) is 4.14. The normalized spacial score (nSPS) is 16.6. The van der Waals surface area contributed by atoms with E-state index in [1.165, 1.54) is 6.07 Å². The van der Waals surface area contributed by atoms with Crippen molar-refractivity contribution < 1.29 is 13.9 Å². The van der Waals surface area contributed by atoms with Crippen molar-refractivity contribution in [3.05, 3.63) is 28.1 Å². The minimum atomic E-state index is -0.497. The van der Waals surface area contributed by atoms with Crippen LogP contribution in [0.2, 0.25) is 0 Å². The fourth-order valence-electron chi connectivity index (χ4n) is 3.06. The minimum absolute atomic E-state index is 0.133. The molecule has 1 aliphatic rings. The molecule has 5 nitrogen and oxygen atoms in total. The largest absolute Gasteiger partial charge is 0.444 e. The Morgan fingerprint density at radius 1 is 1.38 bits per heavy atom. The standard InChI is InChI=1S/C17H21BrFN3O2/c1-17(2,3)24-16(23)22-6-4-10(5-7-22)15-14-12(19)8-11(18)9-13(14)20-21-15/h8-10H,4-7H2,1-3H3,(H,20,21). The number of piperidine rings is 1. The maximum atomic E-state index is 14.3. The Kier molecular flexibility index (Phi) is 4.55. The third kappa shape index (κ3) is 3.55. The second-order valence-electron chi connectivity index (χ2n) is 7.16. The molecule has 1 N–H and O–H groups in total.